The minimum atomic E-state index is -1.11. The van der Waals surface area contributed by atoms with Gasteiger partial charge in [0.05, 0.1) is 0 Å². The lowest BCUT2D eigenvalue weighted by Crippen LogP contribution is -2.44. The van der Waals surface area contributed by atoms with E-state index in [4.69, 9.17) is 9.63 Å². The van der Waals surface area contributed by atoms with E-state index in [1.54, 1.807) is 0 Å². The van der Waals surface area contributed by atoms with E-state index in [0.29, 0.717) is 5.69 Å². The fourth-order valence-corrected chi connectivity index (χ4v) is 2.44. The number of benzene rings is 1. The molecular formula is C15H17N3O3. The Bertz CT molecular complexity index is 645. The summed E-state index contributed by atoms with van der Waals surface area (Å²) in [6, 6.07) is 9.40. The summed E-state index contributed by atoms with van der Waals surface area (Å²) >= 11 is 0. The molecule has 0 unspecified atom stereocenters. The Balaban J connectivity index is 1.83. The molecule has 2 aromatic rings. The molecule has 1 aromatic carbocycles. The average Bonchev–Trinajstić information content (AvgIpc) is 2.98. The second kappa shape index (κ2) is 5.57. The Labute approximate surface area is 122 Å². The van der Waals surface area contributed by atoms with Crippen molar-refractivity contribution in [2.24, 2.45) is 0 Å². The van der Waals surface area contributed by atoms with E-state index in [2.05, 4.69) is 28.1 Å². The fourth-order valence-electron chi connectivity index (χ4n) is 2.44. The van der Waals surface area contributed by atoms with E-state index < -0.39 is 5.97 Å². The molecule has 0 spiro atoms. The number of aromatic carboxylic acids is 1. The van der Waals surface area contributed by atoms with Gasteiger partial charge in [0.15, 0.2) is 0 Å². The van der Waals surface area contributed by atoms with E-state index in [-0.39, 0.29) is 5.76 Å². The van der Waals surface area contributed by atoms with Gasteiger partial charge in [0, 0.05) is 43.5 Å². The molecular weight excluding hydrogens is 270 g/mol. The molecule has 1 aliphatic heterocycles. The van der Waals surface area contributed by atoms with Crippen molar-refractivity contribution in [2.75, 3.05) is 38.1 Å². The number of rotatable bonds is 3. The monoisotopic (exact) mass is 287 g/mol. The second-order valence-electron chi connectivity index (χ2n) is 5.22. The Morgan fingerprint density at radius 3 is 2.67 bits per heavy atom. The maximum absolute atomic E-state index is 10.8. The van der Waals surface area contributed by atoms with Crippen LogP contribution in [0.2, 0.25) is 0 Å². The smallest absolute Gasteiger partial charge is 0.374 e. The van der Waals surface area contributed by atoms with Crippen molar-refractivity contribution in [1.82, 2.24) is 10.1 Å². The van der Waals surface area contributed by atoms with Crippen LogP contribution in [0.25, 0.3) is 11.3 Å². The molecule has 0 saturated carbocycles. The van der Waals surface area contributed by atoms with Crippen molar-refractivity contribution < 1.29 is 14.4 Å². The summed E-state index contributed by atoms with van der Waals surface area (Å²) in [5.74, 6) is -1.25. The number of piperazine rings is 1. The number of hydrogen-bond acceptors (Lipinski definition) is 5. The summed E-state index contributed by atoms with van der Waals surface area (Å²) in [6.07, 6.45) is 0. The molecule has 0 radical (unpaired) electrons. The lowest BCUT2D eigenvalue weighted by molar-refractivity contribution is 0.0652. The first-order chi connectivity index (χ1) is 10.1. The van der Waals surface area contributed by atoms with E-state index in [9.17, 15) is 4.79 Å². The number of carbonyl (C=O) groups is 1. The van der Waals surface area contributed by atoms with Gasteiger partial charge in [-0.05, 0) is 19.2 Å². The van der Waals surface area contributed by atoms with Crippen LogP contribution in [0.3, 0.4) is 0 Å². The zero-order valence-electron chi connectivity index (χ0n) is 11.8. The molecule has 3 rings (SSSR count). The van der Waals surface area contributed by atoms with Crippen molar-refractivity contribution in [3.63, 3.8) is 0 Å². The first kappa shape index (κ1) is 13.6. The van der Waals surface area contributed by atoms with Gasteiger partial charge in [0.2, 0.25) is 5.76 Å². The lowest BCUT2D eigenvalue weighted by atomic mass is 10.1. The summed E-state index contributed by atoms with van der Waals surface area (Å²) in [5, 5.41) is 12.7. The molecule has 110 valence electrons. The predicted molar refractivity (Wildman–Crippen MR) is 78.6 cm³/mol. The summed E-state index contributed by atoms with van der Waals surface area (Å²) in [6.45, 7) is 4.05. The van der Waals surface area contributed by atoms with Gasteiger partial charge in [-0.1, -0.05) is 17.3 Å². The molecule has 0 amide bonds. The van der Waals surface area contributed by atoms with Gasteiger partial charge in [-0.15, -0.1) is 0 Å². The quantitative estimate of drug-likeness (QED) is 0.928. The number of carboxylic acids is 1. The number of hydrogen-bond donors (Lipinski definition) is 1. The molecule has 6 heteroatoms. The molecule has 1 fully saturated rings. The lowest BCUT2D eigenvalue weighted by Gasteiger charge is -2.34. The van der Waals surface area contributed by atoms with Gasteiger partial charge in [-0.25, -0.2) is 4.79 Å². The van der Waals surface area contributed by atoms with Crippen LogP contribution in [0.1, 0.15) is 10.6 Å². The number of anilines is 1. The molecule has 2 heterocycles. The van der Waals surface area contributed by atoms with Gasteiger partial charge >= 0.3 is 5.97 Å². The number of carboxylic acid groups (broad SMARTS) is 1. The minimum absolute atomic E-state index is 0.144. The Hall–Kier alpha value is -2.34. The minimum Gasteiger partial charge on any atom is -0.475 e. The predicted octanol–water partition coefficient (Wildman–Crippen LogP) is 1.79. The normalized spacial score (nSPS) is 16.1. The third kappa shape index (κ3) is 2.90. The average molecular weight is 287 g/mol. The summed E-state index contributed by atoms with van der Waals surface area (Å²) in [5.41, 5.74) is 2.53. The van der Waals surface area contributed by atoms with E-state index in [1.165, 1.54) is 6.07 Å². The number of nitrogens with zero attached hydrogens (tertiary/aromatic N) is 3. The first-order valence-electron chi connectivity index (χ1n) is 6.87. The van der Waals surface area contributed by atoms with Crippen LogP contribution in [-0.2, 0) is 0 Å². The molecule has 6 nitrogen and oxygen atoms in total. The zero-order valence-corrected chi connectivity index (χ0v) is 11.8. The van der Waals surface area contributed by atoms with Crippen LogP contribution >= 0.6 is 0 Å². The SMILES string of the molecule is CN1CCN(c2cccc(-c3cc(C(=O)O)on3)c2)CC1. The molecule has 21 heavy (non-hydrogen) atoms. The number of aromatic nitrogens is 1. The highest BCUT2D eigenvalue weighted by molar-refractivity contribution is 5.85. The topological polar surface area (TPSA) is 69.8 Å². The van der Waals surface area contributed by atoms with E-state index in [0.717, 1.165) is 37.4 Å². The van der Waals surface area contributed by atoms with Crippen molar-refractivity contribution in [1.29, 1.82) is 0 Å². The maximum atomic E-state index is 10.8. The highest BCUT2D eigenvalue weighted by atomic mass is 16.5. The van der Waals surface area contributed by atoms with E-state index in [1.807, 2.05) is 18.2 Å². The van der Waals surface area contributed by atoms with Crippen molar-refractivity contribution in [3.8, 4) is 11.3 Å². The summed E-state index contributed by atoms with van der Waals surface area (Å²) in [7, 11) is 2.12. The van der Waals surface area contributed by atoms with Gasteiger partial charge in [-0.3, -0.25) is 0 Å². The molecule has 1 N–H and O–H groups in total. The largest absolute Gasteiger partial charge is 0.475 e. The van der Waals surface area contributed by atoms with Gasteiger partial charge in [0.25, 0.3) is 0 Å². The third-order valence-electron chi connectivity index (χ3n) is 3.73. The van der Waals surface area contributed by atoms with Crippen LogP contribution in [0.15, 0.2) is 34.9 Å². The van der Waals surface area contributed by atoms with Crippen LogP contribution in [0.5, 0.6) is 0 Å². The summed E-state index contributed by atoms with van der Waals surface area (Å²) in [4.78, 5) is 15.5. The van der Waals surface area contributed by atoms with Crippen LogP contribution in [0.4, 0.5) is 5.69 Å². The fraction of sp³-hybridized carbons (Fsp3) is 0.333. The van der Waals surface area contributed by atoms with Crippen LogP contribution < -0.4 is 4.90 Å². The Morgan fingerprint density at radius 1 is 1.24 bits per heavy atom. The van der Waals surface area contributed by atoms with Crippen molar-refractivity contribution in [2.45, 2.75) is 0 Å². The molecule has 0 bridgehead atoms. The van der Waals surface area contributed by atoms with Gasteiger partial charge < -0.3 is 19.4 Å². The molecule has 0 atom stereocenters. The zero-order chi connectivity index (χ0) is 14.8. The first-order valence-corrected chi connectivity index (χ1v) is 6.87. The second-order valence-corrected chi connectivity index (χ2v) is 5.22. The Morgan fingerprint density at radius 2 is 2.00 bits per heavy atom. The standard InChI is InChI=1S/C15H17N3O3/c1-17-5-7-18(8-6-17)12-4-2-3-11(9-12)13-10-14(15(19)20)21-16-13/h2-4,9-10H,5-8H2,1H3,(H,19,20). The molecule has 0 aliphatic carbocycles. The molecule has 1 aliphatic rings. The Kier molecular flexibility index (Phi) is 3.62. The maximum Gasteiger partial charge on any atom is 0.374 e. The van der Waals surface area contributed by atoms with Gasteiger partial charge in [-0.2, -0.15) is 0 Å². The highest BCUT2D eigenvalue weighted by Crippen LogP contribution is 2.25. The highest BCUT2D eigenvalue weighted by Gasteiger charge is 2.16. The van der Waals surface area contributed by atoms with E-state index >= 15 is 0 Å². The number of likely N-dealkylation sites (N-methyl/N-ethyl adjacent to an activating group) is 1. The molecule has 1 saturated heterocycles. The van der Waals surface area contributed by atoms with Gasteiger partial charge in [0.1, 0.15) is 5.69 Å². The molecule has 1 aromatic heterocycles. The summed E-state index contributed by atoms with van der Waals surface area (Å²) < 4.78 is 4.81. The van der Waals surface area contributed by atoms with Crippen LogP contribution in [0, 0.1) is 0 Å². The van der Waals surface area contributed by atoms with Crippen LogP contribution in [-0.4, -0.2) is 54.4 Å². The van der Waals surface area contributed by atoms with Crippen molar-refractivity contribution >= 4 is 11.7 Å². The van der Waals surface area contributed by atoms with Crippen molar-refractivity contribution in [3.05, 3.63) is 36.1 Å². The third-order valence-corrected chi connectivity index (χ3v) is 3.73.